The Kier molecular flexibility index (Phi) is 3.85. The summed E-state index contributed by atoms with van der Waals surface area (Å²) < 4.78 is 1.87. The maximum atomic E-state index is 5.71. The highest BCUT2D eigenvalue weighted by atomic mass is 15.3. The lowest BCUT2D eigenvalue weighted by molar-refractivity contribution is 0.510. The molecule has 0 bridgehead atoms. The molecule has 7 nitrogen and oxygen atoms in total. The van der Waals surface area contributed by atoms with Gasteiger partial charge in [-0.05, 0) is 24.6 Å². The van der Waals surface area contributed by atoms with E-state index in [0.717, 1.165) is 29.0 Å². The first-order valence-electron chi connectivity index (χ1n) is 6.85. The highest BCUT2D eigenvalue weighted by molar-refractivity contribution is 5.74. The summed E-state index contributed by atoms with van der Waals surface area (Å²) in [6.45, 7) is 2.82. The van der Waals surface area contributed by atoms with Crippen molar-refractivity contribution in [2.24, 2.45) is 5.84 Å². The van der Waals surface area contributed by atoms with Crippen LogP contribution in [0.3, 0.4) is 0 Å². The zero-order chi connectivity index (χ0) is 14.7. The van der Waals surface area contributed by atoms with E-state index in [1.54, 1.807) is 18.7 Å². The van der Waals surface area contributed by atoms with Crippen molar-refractivity contribution >= 4 is 11.0 Å². The normalized spacial score (nSPS) is 12.7. The Hall–Kier alpha value is -2.38. The van der Waals surface area contributed by atoms with Gasteiger partial charge in [-0.25, -0.2) is 4.98 Å². The second-order valence-corrected chi connectivity index (χ2v) is 4.72. The molecule has 2 aromatic heterocycles. The molecule has 0 amide bonds. The zero-order valence-electron chi connectivity index (χ0n) is 11.8. The van der Waals surface area contributed by atoms with Crippen molar-refractivity contribution in [1.29, 1.82) is 0 Å². The Morgan fingerprint density at radius 3 is 2.76 bits per heavy atom. The largest absolute Gasteiger partial charge is 0.271 e. The summed E-state index contributed by atoms with van der Waals surface area (Å²) in [6, 6.07) is 5.91. The molecule has 3 rings (SSSR count). The van der Waals surface area contributed by atoms with Crippen LogP contribution in [0.2, 0.25) is 0 Å². The molecule has 1 aromatic carbocycles. The van der Waals surface area contributed by atoms with Gasteiger partial charge in [0.2, 0.25) is 0 Å². The van der Waals surface area contributed by atoms with E-state index in [2.05, 4.69) is 25.5 Å². The van der Waals surface area contributed by atoms with Gasteiger partial charge in [0.25, 0.3) is 0 Å². The minimum atomic E-state index is -0.0501. The summed E-state index contributed by atoms with van der Waals surface area (Å²) >= 11 is 0. The van der Waals surface area contributed by atoms with Crippen LogP contribution < -0.4 is 11.3 Å². The molecule has 0 aliphatic rings. The number of nitrogens with zero attached hydrogens (tertiary/aromatic N) is 5. The molecular formula is C14H17N7. The minimum absolute atomic E-state index is 0.0501. The Balaban J connectivity index is 1.90. The number of benzene rings is 1. The highest BCUT2D eigenvalue weighted by Crippen LogP contribution is 2.20. The molecule has 0 saturated heterocycles. The first-order chi connectivity index (χ1) is 10.3. The first-order valence-corrected chi connectivity index (χ1v) is 6.85. The van der Waals surface area contributed by atoms with Gasteiger partial charge >= 0.3 is 0 Å². The molecule has 0 spiro atoms. The molecule has 0 aliphatic heterocycles. The van der Waals surface area contributed by atoms with Gasteiger partial charge in [0.1, 0.15) is 12.2 Å². The topological polar surface area (TPSA) is 94.5 Å². The van der Waals surface area contributed by atoms with Crippen LogP contribution in [-0.2, 0) is 13.0 Å². The molecule has 21 heavy (non-hydrogen) atoms. The number of hydrazine groups is 1. The number of hydrogen-bond acceptors (Lipinski definition) is 6. The SMILES string of the molecule is CCn1ncnc1CC(NN)c1ccc2nccnc2c1. The van der Waals surface area contributed by atoms with Crippen LogP contribution in [-0.4, -0.2) is 24.7 Å². The van der Waals surface area contributed by atoms with Gasteiger partial charge in [-0.15, -0.1) is 0 Å². The van der Waals surface area contributed by atoms with Crippen LogP contribution in [0.1, 0.15) is 24.4 Å². The average Bonchev–Trinajstić information content (AvgIpc) is 2.99. The Bertz CT molecular complexity index is 737. The predicted octanol–water partition coefficient (Wildman–Crippen LogP) is 0.988. The monoisotopic (exact) mass is 283 g/mol. The molecule has 108 valence electrons. The number of aryl methyl sites for hydroxylation is 1. The third kappa shape index (κ3) is 2.74. The molecule has 3 aromatic rings. The summed E-state index contributed by atoms with van der Waals surface area (Å²) in [6.07, 6.45) is 5.60. The molecule has 0 radical (unpaired) electrons. The molecule has 0 fully saturated rings. The average molecular weight is 283 g/mol. The molecular weight excluding hydrogens is 266 g/mol. The molecule has 0 saturated carbocycles. The summed E-state index contributed by atoms with van der Waals surface area (Å²) in [7, 11) is 0. The summed E-state index contributed by atoms with van der Waals surface area (Å²) in [5.74, 6) is 6.62. The quantitative estimate of drug-likeness (QED) is 0.535. The molecule has 0 aliphatic carbocycles. The van der Waals surface area contributed by atoms with Crippen molar-refractivity contribution in [2.45, 2.75) is 25.9 Å². The van der Waals surface area contributed by atoms with Crippen molar-refractivity contribution in [3.8, 4) is 0 Å². The van der Waals surface area contributed by atoms with E-state index in [1.807, 2.05) is 29.8 Å². The lowest BCUT2D eigenvalue weighted by Gasteiger charge is -2.16. The van der Waals surface area contributed by atoms with Gasteiger partial charge in [0, 0.05) is 25.4 Å². The Morgan fingerprint density at radius 2 is 2.00 bits per heavy atom. The molecule has 3 N–H and O–H groups in total. The Labute approximate surface area is 122 Å². The van der Waals surface area contributed by atoms with Crippen molar-refractivity contribution in [3.05, 3.63) is 48.3 Å². The summed E-state index contributed by atoms with van der Waals surface area (Å²) in [5.41, 5.74) is 5.62. The van der Waals surface area contributed by atoms with Crippen molar-refractivity contribution in [3.63, 3.8) is 0 Å². The zero-order valence-corrected chi connectivity index (χ0v) is 11.8. The number of hydrogen-bond donors (Lipinski definition) is 2. The van der Waals surface area contributed by atoms with Gasteiger partial charge < -0.3 is 0 Å². The fourth-order valence-electron chi connectivity index (χ4n) is 2.36. The minimum Gasteiger partial charge on any atom is -0.271 e. The number of rotatable bonds is 5. The maximum Gasteiger partial charge on any atom is 0.138 e. The third-order valence-corrected chi connectivity index (χ3v) is 3.48. The lowest BCUT2D eigenvalue weighted by atomic mass is 10.0. The van der Waals surface area contributed by atoms with Gasteiger partial charge in [0.15, 0.2) is 0 Å². The first kappa shape index (κ1) is 13.6. The molecule has 2 heterocycles. The van der Waals surface area contributed by atoms with Gasteiger partial charge in [0.05, 0.1) is 17.1 Å². The fourth-order valence-corrected chi connectivity index (χ4v) is 2.36. The summed E-state index contributed by atoms with van der Waals surface area (Å²) in [5, 5.41) is 4.18. The number of nitrogens with two attached hydrogens (primary N) is 1. The number of aromatic nitrogens is 5. The van der Waals surface area contributed by atoms with Crippen molar-refractivity contribution in [2.75, 3.05) is 0 Å². The van der Waals surface area contributed by atoms with Crippen LogP contribution in [0.5, 0.6) is 0 Å². The molecule has 1 unspecified atom stereocenters. The van der Waals surface area contributed by atoms with Crippen LogP contribution in [0, 0.1) is 0 Å². The van der Waals surface area contributed by atoms with Gasteiger partial charge in [-0.3, -0.25) is 25.9 Å². The second kappa shape index (κ2) is 5.94. The van der Waals surface area contributed by atoms with Crippen LogP contribution in [0.25, 0.3) is 11.0 Å². The smallest absolute Gasteiger partial charge is 0.138 e. The highest BCUT2D eigenvalue weighted by Gasteiger charge is 2.15. The van der Waals surface area contributed by atoms with E-state index in [4.69, 9.17) is 5.84 Å². The number of fused-ring (bicyclic) bond motifs is 1. The van der Waals surface area contributed by atoms with E-state index in [1.165, 1.54) is 0 Å². The summed E-state index contributed by atoms with van der Waals surface area (Å²) in [4.78, 5) is 12.9. The predicted molar refractivity (Wildman–Crippen MR) is 79.0 cm³/mol. The van der Waals surface area contributed by atoms with Crippen molar-refractivity contribution < 1.29 is 0 Å². The third-order valence-electron chi connectivity index (χ3n) is 3.48. The second-order valence-electron chi connectivity index (χ2n) is 4.72. The number of nitrogens with one attached hydrogen (secondary N) is 1. The fraction of sp³-hybridized carbons (Fsp3) is 0.286. The van der Waals surface area contributed by atoms with E-state index < -0.39 is 0 Å². The van der Waals surface area contributed by atoms with Crippen molar-refractivity contribution in [1.82, 2.24) is 30.2 Å². The van der Waals surface area contributed by atoms with Gasteiger partial charge in [-0.2, -0.15) is 5.10 Å². The molecule has 1 atom stereocenters. The van der Waals surface area contributed by atoms with Crippen LogP contribution in [0.15, 0.2) is 36.9 Å². The Morgan fingerprint density at radius 1 is 1.19 bits per heavy atom. The van der Waals surface area contributed by atoms with Crippen LogP contribution >= 0.6 is 0 Å². The lowest BCUT2D eigenvalue weighted by Crippen LogP contribution is -2.30. The van der Waals surface area contributed by atoms with E-state index in [0.29, 0.717) is 6.42 Å². The van der Waals surface area contributed by atoms with E-state index >= 15 is 0 Å². The van der Waals surface area contributed by atoms with E-state index in [-0.39, 0.29) is 6.04 Å². The van der Waals surface area contributed by atoms with Crippen LogP contribution in [0.4, 0.5) is 0 Å². The van der Waals surface area contributed by atoms with Gasteiger partial charge in [-0.1, -0.05) is 6.07 Å². The standard InChI is InChI=1S/C14H17N7/c1-2-21-14(18-9-19-21)8-12(20-15)10-3-4-11-13(7-10)17-6-5-16-11/h3-7,9,12,20H,2,8,15H2,1H3. The maximum absolute atomic E-state index is 5.71. The molecule has 7 heteroatoms. The van der Waals surface area contributed by atoms with E-state index in [9.17, 15) is 0 Å².